The lowest BCUT2D eigenvalue weighted by Crippen LogP contribution is -2.44. The van der Waals surface area contributed by atoms with Gasteiger partial charge in [-0.15, -0.1) is 12.3 Å². The Morgan fingerprint density at radius 1 is 1.47 bits per heavy atom. The fourth-order valence-electron chi connectivity index (χ4n) is 2.90. The summed E-state index contributed by atoms with van der Waals surface area (Å²) in [7, 11) is 0. The van der Waals surface area contributed by atoms with Crippen LogP contribution in [0.2, 0.25) is 0 Å². The quantitative estimate of drug-likeness (QED) is 0.558. The van der Waals surface area contributed by atoms with Gasteiger partial charge in [-0.3, -0.25) is 4.79 Å². The number of carboxylic acid groups (broad SMARTS) is 1. The molecule has 0 saturated carbocycles. The van der Waals surface area contributed by atoms with Crippen molar-refractivity contribution in [2.24, 2.45) is 5.92 Å². The van der Waals surface area contributed by atoms with Crippen LogP contribution in [-0.2, 0) is 4.79 Å². The zero-order valence-electron chi connectivity index (χ0n) is 9.56. The third-order valence-electron chi connectivity index (χ3n) is 3.63. The molecule has 2 fully saturated rings. The van der Waals surface area contributed by atoms with Crippen molar-refractivity contribution in [1.82, 2.24) is 10.2 Å². The number of hydrogen-bond acceptors (Lipinski definition) is 2. The summed E-state index contributed by atoms with van der Waals surface area (Å²) in [6.45, 7) is 0.447. The second-order valence-corrected chi connectivity index (χ2v) is 4.57. The van der Waals surface area contributed by atoms with Crippen LogP contribution in [0.25, 0.3) is 0 Å². The number of carbonyl (C=O) groups excluding carboxylic acids is 1. The van der Waals surface area contributed by atoms with Crippen LogP contribution in [0.5, 0.6) is 0 Å². The molecule has 0 aliphatic carbocycles. The number of hydrogen-bond donors (Lipinski definition) is 2. The first-order chi connectivity index (χ1) is 8.15. The van der Waals surface area contributed by atoms with Crippen molar-refractivity contribution in [3.8, 4) is 12.3 Å². The first-order valence-electron chi connectivity index (χ1n) is 5.87. The minimum absolute atomic E-state index is 0.0898. The lowest BCUT2D eigenvalue weighted by Gasteiger charge is -2.23. The van der Waals surface area contributed by atoms with E-state index in [0.29, 0.717) is 19.4 Å². The third-order valence-corrected chi connectivity index (χ3v) is 3.63. The molecular formula is C12H16N2O3. The van der Waals surface area contributed by atoms with Crippen molar-refractivity contribution < 1.29 is 14.7 Å². The number of aliphatic carboxylic acids is 1. The van der Waals surface area contributed by atoms with Crippen molar-refractivity contribution in [2.45, 2.75) is 37.8 Å². The fourth-order valence-corrected chi connectivity index (χ4v) is 2.90. The molecule has 2 bridgehead atoms. The number of amides is 2. The standard InChI is InChI=1S/C12H16N2O3/c1-2-3-6-13-12(17)14-8-4-5-10(14)9(7-8)11(15)16/h1,8-10H,3-7H2,(H,13,17)(H,15,16). The molecule has 2 amide bonds. The third kappa shape index (κ3) is 2.07. The van der Waals surface area contributed by atoms with Crippen LogP contribution in [-0.4, -0.2) is 40.6 Å². The Kier molecular flexibility index (Phi) is 3.23. The van der Waals surface area contributed by atoms with Crippen molar-refractivity contribution in [3.05, 3.63) is 0 Å². The predicted molar refractivity (Wildman–Crippen MR) is 61.2 cm³/mol. The molecule has 5 heteroatoms. The van der Waals surface area contributed by atoms with Gasteiger partial charge in [0.05, 0.1) is 5.92 Å². The topological polar surface area (TPSA) is 69.6 Å². The van der Waals surface area contributed by atoms with E-state index in [1.54, 1.807) is 4.90 Å². The monoisotopic (exact) mass is 236 g/mol. The van der Waals surface area contributed by atoms with Crippen molar-refractivity contribution in [2.75, 3.05) is 6.54 Å². The first-order valence-corrected chi connectivity index (χ1v) is 5.87. The molecule has 2 aliphatic rings. The van der Waals surface area contributed by atoms with Gasteiger partial charge in [0.2, 0.25) is 0 Å². The van der Waals surface area contributed by atoms with Gasteiger partial charge in [0.15, 0.2) is 0 Å². The predicted octanol–water partition coefficient (Wildman–Crippen LogP) is 0.657. The van der Waals surface area contributed by atoms with Crippen LogP contribution in [0.1, 0.15) is 25.7 Å². The largest absolute Gasteiger partial charge is 0.481 e. The second-order valence-electron chi connectivity index (χ2n) is 4.57. The van der Waals surface area contributed by atoms with E-state index in [9.17, 15) is 9.59 Å². The Morgan fingerprint density at radius 3 is 2.82 bits per heavy atom. The molecule has 2 saturated heterocycles. The van der Waals surface area contributed by atoms with Crippen LogP contribution in [0, 0.1) is 18.3 Å². The Bertz CT molecular complexity index is 374. The minimum atomic E-state index is -0.793. The number of nitrogens with one attached hydrogen (secondary N) is 1. The van der Waals surface area contributed by atoms with Crippen molar-refractivity contribution in [1.29, 1.82) is 0 Å². The molecule has 0 aromatic heterocycles. The number of fused-ring (bicyclic) bond motifs is 2. The first kappa shape index (κ1) is 11.8. The van der Waals surface area contributed by atoms with Gasteiger partial charge in [-0.25, -0.2) is 4.79 Å². The Morgan fingerprint density at radius 2 is 2.24 bits per heavy atom. The highest BCUT2D eigenvalue weighted by Crippen LogP contribution is 2.41. The Balaban J connectivity index is 1.96. The van der Waals surface area contributed by atoms with E-state index in [4.69, 9.17) is 11.5 Å². The summed E-state index contributed by atoms with van der Waals surface area (Å²) in [4.78, 5) is 24.6. The molecule has 0 aromatic carbocycles. The maximum Gasteiger partial charge on any atom is 0.317 e. The van der Waals surface area contributed by atoms with Gasteiger partial charge < -0.3 is 15.3 Å². The number of rotatable bonds is 3. The molecule has 0 aromatic rings. The summed E-state index contributed by atoms with van der Waals surface area (Å²) in [5.74, 6) is 1.26. The van der Waals surface area contributed by atoms with E-state index >= 15 is 0 Å². The van der Waals surface area contributed by atoms with Crippen LogP contribution in [0.15, 0.2) is 0 Å². The average molecular weight is 236 g/mol. The van der Waals surface area contributed by atoms with Gasteiger partial charge in [-0.2, -0.15) is 0 Å². The lowest BCUT2D eigenvalue weighted by atomic mass is 9.89. The van der Waals surface area contributed by atoms with Gasteiger partial charge in [-0.1, -0.05) is 0 Å². The van der Waals surface area contributed by atoms with E-state index < -0.39 is 11.9 Å². The molecule has 5 nitrogen and oxygen atoms in total. The van der Waals surface area contributed by atoms with Gasteiger partial charge in [0, 0.05) is 25.0 Å². The summed E-state index contributed by atoms with van der Waals surface area (Å²) in [5, 5.41) is 11.8. The molecular weight excluding hydrogens is 220 g/mol. The molecule has 2 heterocycles. The highest BCUT2D eigenvalue weighted by Gasteiger charge is 2.51. The van der Waals surface area contributed by atoms with Crippen molar-refractivity contribution in [3.63, 3.8) is 0 Å². The van der Waals surface area contributed by atoms with E-state index in [0.717, 1.165) is 12.8 Å². The Hall–Kier alpha value is -1.70. The zero-order chi connectivity index (χ0) is 12.4. The van der Waals surface area contributed by atoms with Gasteiger partial charge in [0.25, 0.3) is 0 Å². The van der Waals surface area contributed by atoms with Gasteiger partial charge in [0.1, 0.15) is 0 Å². The molecule has 17 heavy (non-hydrogen) atoms. The smallest absolute Gasteiger partial charge is 0.317 e. The number of urea groups is 1. The van der Waals surface area contributed by atoms with Crippen LogP contribution < -0.4 is 5.32 Å². The minimum Gasteiger partial charge on any atom is -0.481 e. The number of carboxylic acids is 1. The molecule has 92 valence electrons. The number of terminal acetylenes is 1. The fraction of sp³-hybridized carbons (Fsp3) is 0.667. The molecule has 2 N–H and O–H groups in total. The molecule has 3 atom stereocenters. The summed E-state index contributed by atoms with van der Waals surface area (Å²) in [6, 6.07) is -0.216. The van der Waals surface area contributed by atoms with E-state index in [2.05, 4.69) is 11.2 Å². The maximum atomic E-state index is 11.9. The summed E-state index contributed by atoms with van der Waals surface area (Å²) in [5.41, 5.74) is 0. The van der Waals surface area contributed by atoms with E-state index in [1.807, 2.05) is 0 Å². The summed E-state index contributed by atoms with van der Waals surface area (Å²) >= 11 is 0. The zero-order valence-corrected chi connectivity index (χ0v) is 9.56. The lowest BCUT2D eigenvalue weighted by molar-refractivity contribution is -0.142. The molecule has 3 unspecified atom stereocenters. The van der Waals surface area contributed by atoms with Crippen LogP contribution >= 0.6 is 0 Å². The molecule has 2 rings (SSSR count). The van der Waals surface area contributed by atoms with Gasteiger partial charge >= 0.3 is 12.0 Å². The highest BCUT2D eigenvalue weighted by molar-refractivity contribution is 5.79. The normalized spacial score (nSPS) is 30.1. The van der Waals surface area contributed by atoms with E-state index in [-0.39, 0.29) is 18.1 Å². The average Bonchev–Trinajstić information content (AvgIpc) is 2.86. The number of carbonyl (C=O) groups is 2. The van der Waals surface area contributed by atoms with Crippen molar-refractivity contribution >= 4 is 12.0 Å². The maximum absolute atomic E-state index is 11.9. The molecule has 0 spiro atoms. The number of nitrogens with zero attached hydrogens (tertiary/aromatic N) is 1. The molecule has 2 aliphatic heterocycles. The SMILES string of the molecule is C#CCCNC(=O)N1C2CCC1C(C(=O)O)C2. The Labute approximate surface area is 100 Å². The summed E-state index contributed by atoms with van der Waals surface area (Å²) in [6.07, 6.45) is 7.90. The van der Waals surface area contributed by atoms with Crippen LogP contribution in [0.3, 0.4) is 0 Å². The summed E-state index contributed by atoms with van der Waals surface area (Å²) < 4.78 is 0. The van der Waals surface area contributed by atoms with Crippen LogP contribution in [0.4, 0.5) is 4.79 Å². The second kappa shape index (κ2) is 4.66. The van der Waals surface area contributed by atoms with Gasteiger partial charge in [-0.05, 0) is 19.3 Å². The molecule has 0 radical (unpaired) electrons. The highest BCUT2D eigenvalue weighted by atomic mass is 16.4. The van der Waals surface area contributed by atoms with E-state index in [1.165, 1.54) is 0 Å².